The SMILES string of the molecule is CCOc1cc(Br)ccc1C1c2ccc3c(cnn3C3CCCCO3)c2C[C@@H](C)N1CC1(F)CC1. The molecule has 186 valence electrons. The summed E-state index contributed by atoms with van der Waals surface area (Å²) in [5, 5.41) is 5.97. The van der Waals surface area contributed by atoms with Crippen LogP contribution in [0.1, 0.15) is 74.9 Å². The van der Waals surface area contributed by atoms with Crippen LogP contribution in [0.4, 0.5) is 4.39 Å². The molecule has 0 radical (unpaired) electrons. The molecule has 1 aromatic heterocycles. The summed E-state index contributed by atoms with van der Waals surface area (Å²) >= 11 is 3.60. The van der Waals surface area contributed by atoms with Crippen LogP contribution in [-0.4, -0.2) is 46.1 Å². The van der Waals surface area contributed by atoms with Crippen LogP contribution in [0, 0.1) is 0 Å². The molecule has 0 N–H and O–H groups in total. The lowest BCUT2D eigenvalue weighted by molar-refractivity contribution is -0.0366. The van der Waals surface area contributed by atoms with Gasteiger partial charge in [0.25, 0.3) is 0 Å². The molecule has 3 aliphatic rings. The van der Waals surface area contributed by atoms with Gasteiger partial charge in [-0.05, 0) is 81.7 Å². The van der Waals surface area contributed by atoms with Crippen molar-refractivity contribution in [1.82, 2.24) is 14.7 Å². The molecular weight excluding hydrogens is 509 g/mol. The number of benzene rings is 2. The van der Waals surface area contributed by atoms with E-state index in [1.165, 1.54) is 22.9 Å². The van der Waals surface area contributed by atoms with E-state index in [2.05, 4.69) is 56.7 Å². The minimum Gasteiger partial charge on any atom is -0.493 e. The molecule has 0 bridgehead atoms. The van der Waals surface area contributed by atoms with Crippen LogP contribution in [0.25, 0.3) is 10.9 Å². The van der Waals surface area contributed by atoms with Gasteiger partial charge in [0.2, 0.25) is 0 Å². The van der Waals surface area contributed by atoms with Gasteiger partial charge < -0.3 is 9.47 Å². The number of fused-ring (bicyclic) bond motifs is 3. The number of ether oxygens (including phenoxy) is 2. The Morgan fingerprint density at radius 3 is 2.77 bits per heavy atom. The number of halogens is 2. The van der Waals surface area contributed by atoms with Crippen molar-refractivity contribution in [3.8, 4) is 5.75 Å². The highest BCUT2D eigenvalue weighted by molar-refractivity contribution is 9.10. The van der Waals surface area contributed by atoms with Crippen molar-refractivity contribution in [3.63, 3.8) is 0 Å². The summed E-state index contributed by atoms with van der Waals surface area (Å²) in [6.07, 6.45) is 7.47. The number of nitrogens with zero attached hydrogens (tertiary/aromatic N) is 3. The smallest absolute Gasteiger partial charge is 0.150 e. The van der Waals surface area contributed by atoms with Crippen molar-refractivity contribution < 1.29 is 13.9 Å². The Morgan fingerprint density at radius 1 is 1.20 bits per heavy atom. The topological polar surface area (TPSA) is 39.5 Å². The van der Waals surface area contributed by atoms with Crippen LogP contribution in [0.5, 0.6) is 5.75 Å². The number of hydrogen-bond donors (Lipinski definition) is 0. The quantitative estimate of drug-likeness (QED) is 0.346. The average molecular weight is 542 g/mol. The third-order valence-electron chi connectivity index (χ3n) is 7.88. The Labute approximate surface area is 214 Å². The summed E-state index contributed by atoms with van der Waals surface area (Å²) < 4.78 is 30.4. The largest absolute Gasteiger partial charge is 0.493 e. The Bertz CT molecular complexity index is 1230. The number of aromatic nitrogens is 2. The third kappa shape index (κ3) is 4.30. The third-order valence-corrected chi connectivity index (χ3v) is 8.37. The normalized spacial score (nSPS) is 26.0. The highest BCUT2D eigenvalue weighted by Crippen LogP contribution is 2.48. The van der Waals surface area contributed by atoms with Gasteiger partial charge in [-0.15, -0.1) is 0 Å². The first-order chi connectivity index (χ1) is 17.0. The first kappa shape index (κ1) is 23.4. The maximum Gasteiger partial charge on any atom is 0.150 e. The van der Waals surface area contributed by atoms with Crippen LogP contribution in [-0.2, 0) is 11.2 Å². The highest BCUT2D eigenvalue weighted by Gasteiger charge is 2.48. The summed E-state index contributed by atoms with van der Waals surface area (Å²) in [4.78, 5) is 2.36. The summed E-state index contributed by atoms with van der Waals surface area (Å²) in [7, 11) is 0. The molecule has 2 aliphatic heterocycles. The second-order valence-electron chi connectivity index (χ2n) is 10.4. The molecule has 2 aromatic carbocycles. The van der Waals surface area contributed by atoms with E-state index in [-0.39, 0.29) is 18.3 Å². The number of alkyl halides is 1. The molecule has 3 aromatic rings. The molecule has 35 heavy (non-hydrogen) atoms. The van der Waals surface area contributed by atoms with E-state index in [1.807, 2.05) is 19.2 Å². The van der Waals surface area contributed by atoms with Gasteiger partial charge in [-0.25, -0.2) is 9.07 Å². The summed E-state index contributed by atoms with van der Waals surface area (Å²) in [6, 6.07) is 10.8. The zero-order valence-corrected chi connectivity index (χ0v) is 22.1. The molecule has 5 nitrogen and oxygen atoms in total. The van der Waals surface area contributed by atoms with Crippen LogP contribution < -0.4 is 4.74 Å². The van der Waals surface area contributed by atoms with E-state index in [1.54, 1.807) is 0 Å². The van der Waals surface area contributed by atoms with Gasteiger partial charge in [0.1, 0.15) is 11.4 Å². The molecule has 3 atom stereocenters. The zero-order chi connectivity index (χ0) is 24.2. The fourth-order valence-corrected chi connectivity index (χ4v) is 6.24. The minimum absolute atomic E-state index is 0.00454. The lowest BCUT2D eigenvalue weighted by Gasteiger charge is -2.43. The Kier molecular flexibility index (Phi) is 6.14. The molecule has 7 heteroatoms. The zero-order valence-electron chi connectivity index (χ0n) is 20.5. The molecule has 2 unspecified atom stereocenters. The van der Waals surface area contributed by atoms with Gasteiger partial charge in [-0.1, -0.05) is 28.1 Å². The maximum absolute atomic E-state index is 15.2. The van der Waals surface area contributed by atoms with E-state index in [9.17, 15) is 0 Å². The molecule has 6 rings (SSSR count). The summed E-state index contributed by atoms with van der Waals surface area (Å²) in [5.74, 6) is 0.854. The minimum atomic E-state index is -1.07. The Morgan fingerprint density at radius 2 is 2.03 bits per heavy atom. The first-order valence-corrected chi connectivity index (χ1v) is 13.7. The molecule has 0 spiro atoms. The molecule has 1 saturated carbocycles. The van der Waals surface area contributed by atoms with Crippen molar-refractivity contribution in [2.24, 2.45) is 0 Å². The number of rotatable bonds is 6. The number of hydrogen-bond acceptors (Lipinski definition) is 4. The van der Waals surface area contributed by atoms with Gasteiger partial charge >= 0.3 is 0 Å². The Hall–Kier alpha value is -1.96. The van der Waals surface area contributed by atoms with Crippen LogP contribution >= 0.6 is 15.9 Å². The predicted octanol–water partition coefficient (Wildman–Crippen LogP) is 6.73. The van der Waals surface area contributed by atoms with Crippen LogP contribution in [0.2, 0.25) is 0 Å². The van der Waals surface area contributed by atoms with E-state index in [0.717, 1.165) is 47.2 Å². The molecule has 2 fully saturated rings. The molecule has 1 saturated heterocycles. The van der Waals surface area contributed by atoms with Crippen molar-refractivity contribution in [1.29, 1.82) is 0 Å². The lowest BCUT2D eigenvalue weighted by Crippen LogP contribution is -2.46. The van der Waals surface area contributed by atoms with Gasteiger partial charge in [0.05, 0.1) is 24.4 Å². The standard InChI is InChI=1S/C28H33BrFN3O2/c1-3-34-25-15-19(29)7-8-21(25)27-20-9-10-24-23(16-31-33(24)26-6-4-5-13-35-26)22(20)14-18(2)32(27)17-28(30)11-12-28/h7-10,15-16,18,26-27H,3-6,11-14,17H2,1-2H3/t18-,26?,27?/m1/s1. The van der Waals surface area contributed by atoms with Crippen LogP contribution in [0.15, 0.2) is 41.0 Å². The van der Waals surface area contributed by atoms with Crippen molar-refractivity contribution in [2.45, 2.75) is 76.4 Å². The van der Waals surface area contributed by atoms with Gasteiger partial charge in [0, 0.05) is 34.6 Å². The maximum atomic E-state index is 15.2. The van der Waals surface area contributed by atoms with Crippen molar-refractivity contribution >= 4 is 26.8 Å². The summed E-state index contributed by atoms with van der Waals surface area (Å²) in [6.45, 7) is 6.06. The van der Waals surface area contributed by atoms with E-state index in [4.69, 9.17) is 14.6 Å². The second kappa shape index (κ2) is 9.16. The van der Waals surface area contributed by atoms with Crippen LogP contribution in [0.3, 0.4) is 0 Å². The van der Waals surface area contributed by atoms with Crippen molar-refractivity contribution in [2.75, 3.05) is 19.8 Å². The molecule has 0 amide bonds. The van der Waals surface area contributed by atoms with E-state index in [0.29, 0.717) is 26.0 Å². The highest BCUT2D eigenvalue weighted by atomic mass is 79.9. The monoisotopic (exact) mass is 541 g/mol. The van der Waals surface area contributed by atoms with Gasteiger partial charge in [0.15, 0.2) is 6.23 Å². The fourth-order valence-electron chi connectivity index (χ4n) is 5.90. The lowest BCUT2D eigenvalue weighted by atomic mass is 9.83. The summed E-state index contributed by atoms with van der Waals surface area (Å²) in [5.41, 5.74) is 3.69. The Balaban J connectivity index is 1.49. The second-order valence-corrected chi connectivity index (χ2v) is 11.3. The molecule has 1 aliphatic carbocycles. The fraction of sp³-hybridized carbons (Fsp3) is 0.536. The predicted molar refractivity (Wildman–Crippen MR) is 139 cm³/mol. The first-order valence-electron chi connectivity index (χ1n) is 12.9. The van der Waals surface area contributed by atoms with E-state index >= 15 is 4.39 Å². The average Bonchev–Trinajstić information content (AvgIpc) is 3.42. The molecular formula is C28H33BrFN3O2. The van der Waals surface area contributed by atoms with Gasteiger partial charge in [-0.3, -0.25) is 4.90 Å². The van der Waals surface area contributed by atoms with Gasteiger partial charge in [-0.2, -0.15) is 5.10 Å². The van der Waals surface area contributed by atoms with Crippen molar-refractivity contribution in [3.05, 3.63) is 57.7 Å². The van der Waals surface area contributed by atoms with E-state index < -0.39 is 5.67 Å². The molecule has 3 heterocycles.